The zero-order valence-corrected chi connectivity index (χ0v) is 9.45. The van der Waals surface area contributed by atoms with Crippen LogP contribution in [-0.2, 0) is 0 Å². The Morgan fingerprint density at radius 2 is 1.25 bits per heavy atom. The first-order chi connectivity index (χ1) is 5.81. The largest absolute Gasteiger partial charge is 0.253 e. The summed E-state index contributed by atoms with van der Waals surface area (Å²) >= 11 is 4.41. The molecule has 0 heterocycles. The van der Waals surface area contributed by atoms with Gasteiger partial charge in [0.15, 0.2) is 0 Å². The molecule has 0 aliphatic carbocycles. The summed E-state index contributed by atoms with van der Waals surface area (Å²) < 4.78 is 2.16. The summed E-state index contributed by atoms with van der Waals surface area (Å²) in [6.45, 7) is 6.78. The van der Waals surface area contributed by atoms with E-state index in [4.69, 9.17) is 0 Å². The summed E-state index contributed by atoms with van der Waals surface area (Å²) in [5.74, 6) is 0. The normalized spacial score (nSPS) is 11.0. The summed E-state index contributed by atoms with van der Waals surface area (Å²) in [4.78, 5) is 0. The molecule has 0 unspecified atom stereocenters. The molecule has 0 amide bonds. The van der Waals surface area contributed by atoms with E-state index in [1.807, 2.05) is 0 Å². The Bertz CT molecular complexity index is 75.9. The van der Waals surface area contributed by atoms with Crippen LogP contribution in [0.25, 0.3) is 0 Å². The molecule has 0 aromatic carbocycles. The highest BCUT2D eigenvalue weighted by atomic mass is 32.1. The Kier molecular flexibility index (Phi) is 9.64. The molecule has 1 nitrogen and oxygen atoms in total. The molecule has 0 aromatic rings. The molecule has 0 aromatic heterocycles. The van der Waals surface area contributed by atoms with Crippen LogP contribution in [0.1, 0.15) is 52.4 Å². The van der Waals surface area contributed by atoms with Gasteiger partial charge < -0.3 is 0 Å². The van der Waals surface area contributed by atoms with Crippen molar-refractivity contribution < 1.29 is 0 Å². The van der Waals surface area contributed by atoms with Crippen molar-refractivity contribution in [2.45, 2.75) is 52.4 Å². The number of hydrogen-bond donors (Lipinski definition) is 1. The summed E-state index contributed by atoms with van der Waals surface area (Å²) in [6, 6.07) is 0. The monoisotopic (exact) mass is 189 g/mol. The van der Waals surface area contributed by atoms with E-state index >= 15 is 0 Å². The van der Waals surface area contributed by atoms with Crippen LogP contribution < -0.4 is 0 Å². The van der Waals surface area contributed by atoms with E-state index in [-0.39, 0.29) is 0 Å². The van der Waals surface area contributed by atoms with Crippen LogP contribution in [0.2, 0.25) is 0 Å². The van der Waals surface area contributed by atoms with Gasteiger partial charge in [0.05, 0.1) is 0 Å². The third kappa shape index (κ3) is 8.41. The van der Waals surface area contributed by atoms with Gasteiger partial charge in [0, 0.05) is 13.1 Å². The van der Waals surface area contributed by atoms with Crippen LogP contribution in [0.4, 0.5) is 0 Å². The van der Waals surface area contributed by atoms with Crippen molar-refractivity contribution in [1.29, 1.82) is 0 Å². The maximum atomic E-state index is 4.41. The number of unbranched alkanes of at least 4 members (excludes halogenated alkanes) is 4. The quantitative estimate of drug-likeness (QED) is 0.452. The van der Waals surface area contributed by atoms with Gasteiger partial charge in [-0.2, -0.15) is 0 Å². The predicted octanol–water partition coefficient (Wildman–Crippen LogP) is 3.51. The van der Waals surface area contributed by atoms with Crippen molar-refractivity contribution in [3.63, 3.8) is 0 Å². The molecule has 0 aliphatic rings. The minimum Gasteiger partial charge on any atom is -0.253 e. The summed E-state index contributed by atoms with van der Waals surface area (Å²) in [5.41, 5.74) is 0. The molecule has 0 saturated carbocycles. The molecule has 74 valence electrons. The van der Waals surface area contributed by atoms with E-state index in [0.29, 0.717) is 0 Å². The second-order valence-corrected chi connectivity index (χ2v) is 3.93. The average Bonchev–Trinajstić information content (AvgIpc) is 2.06. The molecular weight excluding hydrogens is 166 g/mol. The fourth-order valence-corrected chi connectivity index (χ4v) is 1.48. The lowest BCUT2D eigenvalue weighted by Crippen LogP contribution is -2.15. The third-order valence-corrected chi connectivity index (χ3v) is 2.44. The lowest BCUT2D eigenvalue weighted by Gasteiger charge is -2.14. The van der Waals surface area contributed by atoms with E-state index in [2.05, 4.69) is 31.0 Å². The van der Waals surface area contributed by atoms with Crippen molar-refractivity contribution in [3.05, 3.63) is 0 Å². The first-order valence-corrected chi connectivity index (χ1v) is 5.65. The highest BCUT2D eigenvalue weighted by Crippen LogP contribution is 2.03. The molecular formula is C10H23NS. The SMILES string of the molecule is CCCCCN(S)CCCCC. The Hall–Kier alpha value is 0.310. The fourth-order valence-electron chi connectivity index (χ4n) is 1.20. The van der Waals surface area contributed by atoms with Gasteiger partial charge in [0.2, 0.25) is 0 Å². The van der Waals surface area contributed by atoms with Crippen LogP contribution in [0.15, 0.2) is 0 Å². The fraction of sp³-hybridized carbons (Fsp3) is 1.00. The molecule has 0 radical (unpaired) electrons. The van der Waals surface area contributed by atoms with Crippen LogP contribution in [-0.4, -0.2) is 17.4 Å². The van der Waals surface area contributed by atoms with E-state index in [9.17, 15) is 0 Å². The molecule has 0 aliphatic heterocycles. The van der Waals surface area contributed by atoms with Gasteiger partial charge in [0.25, 0.3) is 0 Å². The second-order valence-electron chi connectivity index (χ2n) is 3.37. The van der Waals surface area contributed by atoms with E-state index in [0.717, 1.165) is 13.1 Å². The number of thiol groups is 1. The average molecular weight is 189 g/mol. The van der Waals surface area contributed by atoms with Crippen molar-refractivity contribution in [3.8, 4) is 0 Å². The minimum absolute atomic E-state index is 1.15. The molecule has 0 atom stereocenters. The van der Waals surface area contributed by atoms with Crippen molar-refractivity contribution in [2.75, 3.05) is 13.1 Å². The van der Waals surface area contributed by atoms with Gasteiger partial charge in [-0.1, -0.05) is 52.3 Å². The van der Waals surface area contributed by atoms with E-state index < -0.39 is 0 Å². The third-order valence-electron chi connectivity index (χ3n) is 2.04. The molecule has 0 rings (SSSR count). The molecule has 2 heteroatoms. The zero-order valence-electron chi connectivity index (χ0n) is 8.55. The Balaban J connectivity index is 3.04. The molecule has 0 spiro atoms. The number of rotatable bonds is 8. The van der Waals surface area contributed by atoms with E-state index in [1.165, 1.54) is 38.5 Å². The number of nitrogens with zero attached hydrogens (tertiary/aromatic N) is 1. The summed E-state index contributed by atoms with van der Waals surface area (Å²) in [5, 5.41) is 0. The molecule has 0 fully saturated rings. The zero-order chi connectivity index (χ0) is 9.23. The standard InChI is InChI=1S/C10H23NS/c1-3-5-7-9-11(12)10-8-6-4-2/h12H,3-10H2,1-2H3. The van der Waals surface area contributed by atoms with Crippen molar-refractivity contribution >= 4 is 12.8 Å². The van der Waals surface area contributed by atoms with Crippen LogP contribution >= 0.6 is 12.8 Å². The highest BCUT2D eigenvalue weighted by Gasteiger charge is 1.97. The lowest BCUT2D eigenvalue weighted by atomic mass is 10.2. The second kappa shape index (κ2) is 9.40. The Morgan fingerprint density at radius 3 is 1.58 bits per heavy atom. The molecule has 0 bridgehead atoms. The Labute approximate surface area is 83.1 Å². The van der Waals surface area contributed by atoms with Gasteiger partial charge in [-0.05, 0) is 12.8 Å². The smallest absolute Gasteiger partial charge is 0.00869 e. The number of hydrogen-bond acceptors (Lipinski definition) is 2. The first kappa shape index (κ1) is 12.3. The highest BCUT2D eigenvalue weighted by molar-refractivity contribution is 7.77. The van der Waals surface area contributed by atoms with Crippen LogP contribution in [0.3, 0.4) is 0 Å². The maximum absolute atomic E-state index is 4.41. The summed E-state index contributed by atoms with van der Waals surface area (Å²) in [7, 11) is 0. The van der Waals surface area contributed by atoms with Crippen LogP contribution in [0.5, 0.6) is 0 Å². The first-order valence-electron chi connectivity index (χ1n) is 5.25. The van der Waals surface area contributed by atoms with Gasteiger partial charge in [-0.3, -0.25) is 4.31 Å². The van der Waals surface area contributed by atoms with Gasteiger partial charge >= 0.3 is 0 Å². The van der Waals surface area contributed by atoms with Crippen molar-refractivity contribution in [2.24, 2.45) is 0 Å². The topological polar surface area (TPSA) is 3.24 Å². The van der Waals surface area contributed by atoms with Gasteiger partial charge in [-0.15, -0.1) is 0 Å². The van der Waals surface area contributed by atoms with Gasteiger partial charge in [-0.25, -0.2) is 0 Å². The Morgan fingerprint density at radius 1 is 0.833 bits per heavy atom. The van der Waals surface area contributed by atoms with Crippen molar-refractivity contribution in [1.82, 2.24) is 4.31 Å². The predicted molar refractivity (Wildman–Crippen MR) is 59.6 cm³/mol. The molecule has 0 N–H and O–H groups in total. The summed E-state index contributed by atoms with van der Waals surface area (Å²) in [6.07, 6.45) is 7.88. The molecule has 0 saturated heterocycles. The van der Waals surface area contributed by atoms with Crippen LogP contribution in [0, 0.1) is 0 Å². The lowest BCUT2D eigenvalue weighted by molar-refractivity contribution is 0.438. The maximum Gasteiger partial charge on any atom is 0.00869 e. The van der Waals surface area contributed by atoms with Gasteiger partial charge in [0.1, 0.15) is 0 Å². The molecule has 12 heavy (non-hydrogen) atoms. The van der Waals surface area contributed by atoms with E-state index in [1.54, 1.807) is 0 Å². The minimum atomic E-state index is 1.15.